The molecule has 0 unspecified atom stereocenters. The zero-order valence-electron chi connectivity index (χ0n) is 17.5. The number of hydrogen-bond acceptors (Lipinski definition) is 5. The average molecular weight is 444 g/mol. The number of carbonyl (C=O) groups is 1. The molecule has 2 heterocycles. The van der Waals surface area contributed by atoms with Gasteiger partial charge in [-0.3, -0.25) is 4.72 Å². The molecule has 2 saturated heterocycles. The molecule has 0 spiro atoms. The van der Waals surface area contributed by atoms with Crippen LogP contribution in [0.4, 0.5) is 11.4 Å². The molecule has 2 aliphatic heterocycles. The molecule has 0 atom stereocenters. The van der Waals surface area contributed by atoms with E-state index in [1.54, 1.807) is 30.3 Å². The Hall–Kier alpha value is -2.58. The third-order valence-electron chi connectivity index (χ3n) is 6.24. The van der Waals surface area contributed by atoms with Gasteiger partial charge in [0, 0.05) is 24.8 Å². The molecule has 0 aromatic heterocycles. The van der Waals surface area contributed by atoms with Gasteiger partial charge in [-0.25, -0.2) is 13.2 Å². The fraction of sp³-hybridized carbons (Fsp3) is 0.435. The molecule has 8 heteroatoms. The maximum Gasteiger partial charge on any atom is 0.337 e. The van der Waals surface area contributed by atoms with E-state index in [1.165, 1.54) is 50.6 Å². The van der Waals surface area contributed by atoms with Crippen LogP contribution in [0, 0.1) is 0 Å². The van der Waals surface area contributed by atoms with Gasteiger partial charge in [-0.1, -0.05) is 24.6 Å². The summed E-state index contributed by atoms with van der Waals surface area (Å²) in [6.45, 7) is 3.94. The second-order valence-electron chi connectivity index (χ2n) is 8.27. The number of nitrogens with one attached hydrogen (secondary N) is 1. The Morgan fingerprint density at radius 2 is 1.61 bits per heavy atom. The molecule has 0 radical (unpaired) electrons. The summed E-state index contributed by atoms with van der Waals surface area (Å²) in [6, 6.07) is 13.4. The predicted molar refractivity (Wildman–Crippen MR) is 121 cm³/mol. The molecule has 0 bridgehead atoms. The summed E-state index contributed by atoms with van der Waals surface area (Å²) in [4.78, 5) is 16.8. The number of carboxylic acids is 1. The average Bonchev–Trinajstić information content (AvgIpc) is 2.80. The lowest BCUT2D eigenvalue weighted by Crippen LogP contribution is -2.47. The summed E-state index contributed by atoms with van der Waals surface area (Å²) in [7, 11) is -3.78. The number of benzene rings is 2. The summed E-state index contributed by atoms with van der Waals surface area (Å²) < 4.78 is 27.7. The maximum atomic E-state index is 12.6. The molecule has 2 aliphatic rings. The fourth-order valence-electron chi connectivity index (χ4n) is 4.62. The van der Waals surface area contributed by atoms with Gasteiger partial charge >= 0.3 is 5.97 Å². The van der Waals surface area contributed by atoms with Crippen LogP contribution in [-0.4, -0.2) is 56.6 Å². The summed E-state index contributed by atoms with van der Waals surface area (Å²) >= 11 is 0. The minimum Gasteiger partial charge on any atom is -0.478 e. The number of likely N-dealkylation sites (tertiary alicyclic amines) is 1. The van der Waals surface area contributed by atoms with Gasteiger partial charge in [-0.15, -0.1) is 0 Å². The molecular formula is C23H29N3O4S. The molecule has 2 aromatic carbocycles. The van der Waals surface area contributed by atoms with Crippen LogP contribution in [0.25, 0.3) is 0 Å². The first-order valence-corrected chi connectivity index (χ1v) is 12.4. The number of hydrogen-bond donors (Lipinski definition) is 2. The molecule has 4 rings (SSSR count). The van der Waals surface area contributed by atoms with E-state index in [0.29, 0.717) is 11.7 Å². The molecule has 2 fully saturated rings. The van der Waals surface area contributed by atoms with Crippen molar-refractivity contribution in [2.24, 2.45) is 0 Å². The van der Waals surface area contributed by atoms with Crippen molar-refractivity contribution in [3.8, 4) is 0 Å². The summed E-state index contributed by atoms with van der Waals surface area (Å²) in [5, 5.41) is 9.78. The van der Waals surface area contributed by atoms with Crippen molar-refractivity contribution in [1.82, 2.24) is 4.90 Å². The lowest BCUT2D eigenvalue weighted by atomic mass is 9.98. The number of rotatable bonds is 6. The summed E-state index contributed by atoms with van der Waals surface area (Å²) in [5.41, 5.74) is 1.00. The zero-order chi connectivity index (χ0) is 21.8. The molecular weight excluding hydrogens is 414 g/mol. The molecule has 2 aromatic rings. The minimum absolute atomic E-state index is 0.115. The number of aromatic carboxylic acids is 1. The van der Waals surface area contributed by atoms with Crippen LogP contribution in [0.1, 0.15) is 42.5 Å². The highest BCUT2D eigenvalue weighted by Gasteiger charge is 2.27. The van der Waals surface area contributed by atoms with Gasteiger partial charge in [-0.05, 0) is 69.1 Å². The topological polar surface area (TPSA) is 89.9 Å². The van der Waals surface area contributed by atoms with Crippen LogP contribution in [0.5, 0.6) is 0 Å². The largest absolute Gasteiger partial charge is 0.478 e. The Balaban J connectivity index is 1.49. The van der Waals surface area contributed by atoms with Crippen LogP contribution >= 0.6 is 0 Å². The maximum absolute atomic E-state index is 12.6. The number of nitrogens with zero attached hydrogens (tertiary/aromatic N) is 2. The van der Waals surface area contributed by atoms with E-state index >= 15 is 0 Å². The summed E-state index contributed by atoms with van der Waals surface area (Å²) in [6.07, 6.45) is 5.88. The van der Waals surface area contributed by atoms with Crippen molar-refractivity contribution < 1.29 is 18.3 Å². The van der Waals surface area contributed by atoms with Crippen molar-refractivity contribution >= 4 is 27.4 Å². The van der Waals surface area contributed by atoms with Gasteiger partial charge in [0.05, 0.1) is 16.1 Å². The third-order valence-corrected chi connectivity index (χ3v) is 7.64. The highest BCUT2D eigenvalue weighted by Crippen LogP contribution is 2.30. The molecule has 166 valence electrons. The predicted octanol–water partition coefficient (Wildman–Crippen LogP) is 3.64. The smallest absolute Gasteiger partial charge is 0.337 e. The van der Waals surface area contributed by atoms with Crippen molar-refractivity contribution in [2.45, 2.75) is 43.0 Å². The van der Waals surface area contributed by atoms with E-state index in [-0.39, 0.29) is 16.1 Å². The Morgan fingerprint density at radius 3 is 2.26 bits per heavy atom. The molecule has 0 amide bonds. The highest BCUT2D eigenvalue weighted by atomic mass is 32.2. The monoisotopic (exact) mass is 443 g/mol. The van der Waals surface area contributed by atoms with Crippen LogP contribution in [0.3, 0.4) is 0 Å². The van der Waals surface area contributed by atoms with E-state index in [0.717, 1.165) is 25.9 Å². The number of anilines is 2. The molecule has 7 nitrogen and oxygen atoms in total. The normalized spacial score (nSPS) is 18.6. The lowest BCUT2D eigenvalue weighted by molar-refractivity contribution is 0.0697. The first-order valence-electron chi connectivity index (χ1n) is 10.9. The Kier molecular flexibility index (Phi) is 6.48. The molecule has 0 saturated carbocycles. The van der Waals surface area contributed by atoms with Crippen molar-refractivity contribution in [3.05, 3.63) is 54.1 Å². The number of carboxylic acid groups (broad SMARTS) is 1. The highest BCUT2D eigenvalue weighted by molar-refractivity contribution is 7.92. The SMILES string of the molecule is O=C(O)c1cc(NS(=O)(=O)c2ccccc2)ccc1N1CCC(N2CCCCC2)CC1. The number of piperidine rings is 2. The first-order chi connectivity index (χ1) is 14.9. The standard InChI is InChI=1S/C23H29N3O4S/c27-23(28)21-17-18(24-31(29,30)20-7-3-1-4-8-20)9-10-22(21)26-15-11-19(12-16-26)25-13-5-2-6-14-25/h1,3-4,7-10,17,19,24H,2,5-6,11-16H2,(H,27,28). The van der Waals surface area contributed by atoms with Gasteiger partial charge in [-0.2, -0.15) is 0 Å². The van der Waals surface area contributed by atoms with Gasteiger partial charge in [0.2, 0.25) is 0 Å². The first kappa shape index (κ1) is 21.6. The van der Waals surface area contributed by atoms with Gasteiger partial charge in [0.25, 0.3) is 10.0 Å². The van der Waals surface area contributed by atoms with Crippen LogP contribution in [0.2, 0.25) is 0 Å². The summed E-state index contributed by atoms with van der Waals surface area (Å²) in [5.74, 6) is -1.06. The van der Waals surface area contributed by atoms with Crippen LogP contribution in [0.15, 0.2) is 53.4 Å². The van der Waals surface area contributed by atoms with Crippen LogP contribution < -0.4 is 9.62 Å². The number of sulfonamides is 1. The van der Waals surface area contributed by atoms with Gasteiger partial charge < -0.3 is 14.9 Å². The molecule has 31 heavy (non-hydrogen) atoms. The van der Waals surface area contributed by atoms with E-state index in [4.69, 9.17) is 0 Å². The Morgan fingerprint density at radius 1 is 0.935 bits per heavy atom. The van der Waals surface area contributed by atoms with E-state index < -0.39 is 16.0 Å². The quantitative estimate of drug-likeness (QED) is 0.709. The second-order valence-corrected chi connectivity index (χ2v) is 9.95. The second kappa shape index (κ2) is 9.28. The van der Waals surface area contributed by atoms with Crippen molar-refractivity contribution in [2.75, 3.05) is 35.8 Å². The Labute approximate surface area is 183 Å². The van der Waals surface area contributed by atoms with Crippen LogP contribution in [-0.2, 0) is 10.0 Å². The van der Waals surface area contributed by atoms with E-state index in [1.807, 2.05) is 0 Å². The van der Waals surface area contributed by atoms with Gasteiger partial charge in [0.15, 0.2) is 0 Å². The Bertz CT molecular complexity index is 1010. The molecule has 2 N–H and O–H groups in total. The van der Waals surface area contributed by atoms with E-state index in [2.05, 4.69) is 14.5 Å². The fourth-order valence-corrected chi connectivity index (χ4v) is 5.69. The lowest BCUT2D eigenvalue weighted by Gasteiger charge is -2.41. The van der Waals surface area contributed by atoms with Crippen molar-refractivity contribution in [3.63, 3.8) is 0 Å². The van der Waals surface area contributed by atoms with Gasteiger partial charge in [0.1, 0.15) is 0 Å². The molecule has 0 aliphatic carbocycles. The zero-order valence-corrected chi connectivity index (χ0v) is 18.4. The van der Waals surface area contributed by atoms with E-state index in [9.17, 15) is 18.3 Å². The minimum atomic E-state index is -3.78. The third kappa shape index (κ3) is 5.02. The van der Waals surface area contributed by atoms with Crippen molar-refractivity contribution in [1.29, 1.82) is 0 Å².